The number of carbonyl (C=O) groups is 1. The van der Waals surface area contributed by atoms with E-state index in [2.05, 4.69) is 41.1 Å². The summed E-state index contributed by atoms with van der Waals surface area (Å²) in [5.74, 6) is 1.30. The molecule has 2 aliphatic carbocycles. The molecule has 1 N–H and O–H groups in total. The predicted octanol–water partition coefficient (Wildman–Crippen LogP) is 5.84. The zero-order valence-corrected chi connectivity index (χ0v) is 17.5. The molecule has 0 bridgehead atoms. The highest BCUT2D eigenvalue weighted by Crippen LogP contribution is 2.42. The lowest BCUT2D eigenvalue weighted by Gasteiger charge is -2.23. The molecule has 0 saturated heterocycles. The summed E-state index contributed by atoms with van der Waals surface area (Å²) in [7, 11) is 0. The van der Waals surface area contributed by atoms with Crippen molar-refractivity contribution in [3.05, 3.63) is 52.7 Å². The molecular formula is C24H27N3OS. The summed E-state index contributed by atoms with van der Waals surface area (Å²) in [6.07, 6.45) is 11.8. The molecule has 5 rings (SSSR count). The normalized spacial score (nSPS) is 20.9. The average Bonchev–Trinajstić information content (AvgIpc) is 3.28. The minimum atomic E-state index is 0.0968. The molecule has 1 aromatic heterocycles. The number of aromatic nitrogens is 2. The van der Waals surface area contributed by atoms with Gasteiger partial charge >= 0.3 is 0 Å². The third-order valence-electron chi connectivity index (χ3n) is 6.35. The predicted molar refractivity (Wildman–Crippen MR) is 119 cm³/mol. The minimum absolute atomic E-state index is 0.0968. The summed E-state index contributed by atoms with van der Waals surface area (Å²) < 4.78 is 0. The lowest BCUT2D eigenvalue weighted by Crippen LogP contribution is -2.22. The number of nitrogens with zero attached hydrogens (tertiary/aromatic N) is 2. The molecule has 150 valence electrons. The van der Waals surface area contributed by atoms with Crippen LogP contribution in [0.15, 0.2) is 35.7 Å². The van der Waals surface area contributed by atoms with E-state index in [1.54, 1.807) is 11.8 Å². The maximum Gasteiger partial charge on any atom is 0.225 e. The highest BCUT2D eigenvalue weighted by molar-refractivity contribution is 8.02. The van der Waals surface area contributed by atoms with Gasteiger partial charge in [-0.1, -0.05) is 49.6 Å². The van der Waals surface area contributed by atoms with Crippen LogP contribution in [0.25, 0.3) is 11.3 Å². The summed E-state index contributed by atoms with van der Waals surface area (Å²) in [6.45, 7) is 0. The van der Waals surface area contributed by atoms with E-state index in [1.165, 1.54) is 43.2 Å². The molecule has 1 aliphatic heterocycles. The number of anilines is 1. The van der Waals surface area contributed by atoms with E-state index in [0.717, 1.165) is 36.3 Å². The summed E-state index contributed by atoms with van der Waals surface area (Å²) in [4.78, 5) is 22.9. The van der Waals surface area contributed by atoms with Crippen molar-refractivity contribution in [2.45, 2.75) is 63.0 Å². The summed E-state index contributed by atoms with van der Waals surface area (Å²) >= 11 is 1.77. The number of aryl methyl sites for hydroxylation is 2. The van der Waals surface area contributed by atoms with Gasteiger partial charge < -0.3 is 5.32 Å². The molecule has 0 spiro atoms. The largest absolute Gasteiger partial charge is 0.309 e. The first-order valence-corrected chi connectivity index (χ1v) is 11.8. The quantitative estimate of drug-likeness (QED) is 0.694. The molecule has 5 heteroatoms. The highest BCUT2D eigenvalue weighted by atomic mass is 32.2. The lowest BCUT2D eigenvalue weighted by molar-refractivity contribution is -0.117. The minimum Gasteiger partial charge on any atom is -0.309 e. The Morgan fingerprint density at radius 2 is 1.97 bits per heavy atom. The zero-order chi connectivity index (χ0) is 19.6. The topological polar surface area (TPSA) is 54.9 Å². The summed E-state index contributed by atoms with van der Waals surface area (Å²) in [6, 6.07) is 8.49. The van der Waals surface area contributed by atoms with Crippen LogP contribution in [-0.2, 0) is 17.6 Å². The Hall–Kier alpha value is -2.14. The molecule has 2 aromatic rings. The number of hydrogen-bond acceptors (Lipinski definition) is 4. The van der Waals surface area contributed by atoms with Crippen LogP contribution < -0.4 is 5.32 Å². The third-order valence-corrected chi connectivity index (χ3v) is 7.44. The molecule has 1 unspecified atom stereocenters. The first kappa shape index (κ1) is 18.9. The number of nitrogens with one attached hydrogen (secondary N) is 1. The Balaban J connectivity index is 1.45. The van der Waals surface area contributed by atoms with E-state index in [9.17, 15) is 4.79 Å². The molecule has 1 saturated carbocycles. The number of hydrogen-bond donors (Lipinski definition) is 1. The molecule has 29 heavy (non-hydrogen) atoms. The van der Waals surface area contributed by atoms with Gasteiger partial charge in [-0.3, -0.25) is 4.79 Å². The van der Waals surface area contributed by atoms with Gasteiger partial charge in [-0.25, -0.2) is 9.97 Å². The van der Waals surface area contributed by atoms with Crippen molar-refractivity contribution in [2.75, 3.05) is 5.32 Å². The maximum absolute atomic E-state index is 12.8. The standard InChI is InChI=1S/C24H27N3OS/c28-21(15-16-7-2-1-3-8-16)26-24-23(20-11-6-14-29-20)27-22-18-10-5-4-9-17(18)12-13-19(22)25-24/h4-6,9-10,14,16,20H,1-3,7-8,11-13,15H2,(H,25,26,28). The first-order valence-electron chi connectivity index (χ1n) is 10.9. The van der Waals surface area contributed by atoms with Gasteiger partial charge in [-0.2, -0.15) is 0 Å². The van der Waals surface area contributed by atoms with Crippen LogP contribution in [0.5, 0.6) is 0 Å². The van der Waals surface area contributed by atoms with E-state index in [4.69, 9.17) is 9.97 Å². The second-order valence-corrected chi connectivity index (χ2v) is 9.51. The van der Waals surface area contributed by atoms with E-state index >= 15 is 0 Å². The maximum atomic E-state index is 12.8. The number of allylic oxidation sites excluding steroid dienone is 1. The Morgan fingerprint density at radius 1 is 1.10 bits per heavy atom. The van der Waals surface area contributed by atoms with Gasteiger partial charge in [-0.15, -0.1) is 11.8 Å². The summed E-state index contributed by atoms with van der Waals surface area (Å²) in [5.41, 5.74) is 5.47. The van der Waals surface area contributed by atoms with Gasteiger partial charge in [0.05, 0.1) is 22.3 Å². The summed E-state index contributed by atoms with van der Waals surface area (Å²) in [5, 5.41) is 5.52. The molecule has 2 heterocycles. The molecule has 1 atom stereocenters. The van der Waals surface area contributed by atoms with Crippen LogP contribution in [0.2, 0.25) is 0 Å². The van der Waals surface area contributed by atoms with Crippen molar-refractivity contribution in [2.24, 2.45) is 5.92 Å². The number of benzene rings is 1. The van der Waals surface area contributed by atoms with Crippen LogP contribution in [0, 0.1) is 5.92 Å². The van der Waals surface area contributed by atoms with E-state index < -0.39 is 0 Å². The fraction of sp³-hybridized carbons (Fsp3) is 0.458. The van der Waals surface area contributed by atoms with Gasteiger partial charge in [0.25, 0.3) is 0 Å². The van der Waals surface area contributed by atoms with Crippen molar-refractivity contribution < 1.29 is 4.79 Å². The zero-order valence-electron chi connectivity index (χ0n) is 16.7. The van der Waals surface area contributed by atoms with E-state index in [0.29, 0.717) is 18.2 Å². The lowest BCUT2D eigenvalue weighted by atomic mass is 9.87. The Kier molecular flexibility index (Phi) is 5.40. The SMILES string of the molecule is O=C(CC1CCCCC1)Nc1nc2c(nc1C1CC=CS1)-c1ccccc1CC2. The van der Waals surface area contributed by atoms with Gasteiger partial charge in [0, 0.05) is 12.0 Å². The van der Waals surface area contributed by atoms with E-state index in [1.807, 2.05) is 0 Å². The average molecular weight is 406 g/mol. The molecule has 4 nitrogen and oxygen atoms in total. The molecular weight excluding hydrogens is 378 g/mol. The van der Waals surface area contributed by atoms with Crippen LogP contribution in [0.3, 0.4) is 0 Å². The fourth-order valence-electron chi connectivity index (χ4n) is 4.81. The molecule has 3 aliphatic rings. The molecule has 1 fully saturated rings. The van der Waals surface area contributed by atoms with Crippen LogP contribution in [0.1, 0.15) is 67.1 Å². The Labute approximate surface area is 176 Å². The highest BCUT2D eigenvalue weighted by Gasteiger charge is 2.27. The number of amides is 1. The smallest absolute Gasteiger partial charge is 0.225 e. The number of rotatable bonds is 4. The van der Waals surface area contributed by atoms with Gasteiger partial charge in [0.15, 0.2) is 5.82 Å². The van der Waals surface area contributed by atoms with E-state index in [-0.39, 0.29) is 11.2 Å². The van der Waals surface area contributed by atoms with Crippen molar-refractivity contribution >= 4 is 23.5 Å². The van der Waals surface area contributed by atoms with Crippen molar-refractivity contribution in [3.63, 3.8) is 0 Å². The van der Waals surface area contributed by atoms with Crippen LogP contribution in [0.4, 0.5) is 5.82 Å². The Bertz CT molecular complexity index is 941. The molecule has 1 amide bonds. The molecule has 0 radical (unpaired) electrons. The molecule has 1 aromatic carbocycles. The second kappa shape index (κ2) is 8.31. The fourth-order valence-corrected chi connectivity index (χ4v) is 5.74. The van der Waals surface area contributed by atoms with Gasteiger partial charge in [-0.05, 0) is 49.0 Å². The van der Waals surface area contributed by atoms with Crippen molar-refractivity contribution in [1.82, 2.24) is 9.97 Å². The van der Waals surface area contributed by atoms with Crippen LogP contribution in [-0.4, -0.2) is 15.9 Å². The number of fused-ring (bicyclic) bond motifs is 3. The third kappa shape index (κ3) is 3.97. The van der Waals surface area contributed by atoms with Gasteiger partial charge in [0.2, 0.25) is 5.91 Å². The van der Waals surface area contributed by atoms with Crippen molar-refractivity contribution in [3.8, 4) is 11.3 Å². The Morgan fingerprint density at radius 3 is 2.79 bits per heavy atom. The second-order valence-electron chi connectivity index (χ2n) is 8.40. The number of thioether (sulfide) groups is 1. The first-order chi connectivity index (χ1) is 14.3. The van der Waals surface area contributed by atoms with Gasteiger partial charge in [0.1, 0.15) is 0 Å². The van der Waals surface area contributed by atoms with Crippen molar-refractivity contribution in [1.29, 1.82) is 0 Å². The van der Waals surface area contributed by atoms with Crippen LogP contribution >= 0.6 is 11.8 Å². The monoisotopic (exact) mass is 405 g/mol. The number of carbonyl (C=O) groups excluding carboxylic acids is 1.